The van der Waals surface area contributed by atoms with E-state index in [-0.39, 0.29) is 12.1 Å². The Kier molecular flexibility index (Phi) is 14.8. The van der Waals surface area contributed by atoms with E-state index in [0.29, 0.717) is 12.3 Å². The third-order valence-corrected chi connectivity index (χ3v) is 5.85. The molecule has 1 fully saturated rings. The minimum absolute atomic E-state index is 0.0527. The summed E-state index contributed by atoms with van der Waals surface area (Å²) in [6.45, 7) is 2.27. The molecule has 0 spiro atoms. The number of carbonyl (C=O) groups excluding carboxylic acids is 1. The third-order valence-electron chi connectivity index (χ3n) is 5.29. The molecule has 0 N–H and O–H groups in total. The van der Waals surface area contributed by atoms with Crippen molar-refractivity contribution in [3.05, 3.63) is 0 Å². The lowest BCUT2D eigenvalue weighted by molar-refractivity contribution is -0.150. The number of hydrogen-bond acceptors (Lipinski definition) is 2. The largest absolute Gasteiger partial charge is 0.462 e. The maximum absolute atomic E-state index is 12.1. The first-order valence-electron chi connectivity index (χ1n) is 11.0. The molecule has 1 saturated carbocycles. The minimum Gasteiger partial charge on any atom is -0.462 e. The number of hydrogen-bond donors (Lipinski definition) is 0. The Morgan fingerprint density at radius 1 is 0.880 bits per heavy atom. The molecule has 148 valence electrons. The van der Waals surface area contributed by atoms with E-state index in [9.17, 15) is 4.79 Å². The first-order valence-corrected chi connectivity index (χ1v) is 12.2. The van der Waals surface area contributed by atoms with Crippen LogP contribution in [0.25, 0.3) is 0 Å². The summed E-state index contributed by atoms with van der Waals surface area (Å²) in [6, 6.07) is 0. The average Bonchev–Trinajstić information content (AvgIpc) is 3.44. The Labute approximate surface area is 165 Å². The van der Waals surface area contributed by atoms with E-state index in [2.05, 4.69) is 22.9 Å². The first-order chi connectivity index (χ1) is 12.3. The summed E-state index contributed by atoms with van der Waals surface area (Å²) in [5.41, 5.74) is 0. The van der Waals surface area contributed by atoms with Crippen molar-refractivity contribution in [1.29, 1.82) is 0 Å². The van der Waals surface area contributed by atoms with Crippen molar-refractivity contribution in [3.63, 3.8) is 0 Å². The van der Waals surface area contributed by atoms with Crippen LogP contribution in [0.1, 0.15) is 116 Å². The van der Waals surface area contributed by atoms with E-state index in [0.717, 1.165) is 24.6 Å². The van der Waals surface area contributed by atoms with E-state index in [1.54, 1.807) is 0 Å². The minimum atomic E-state index is 0.0527. The SMILES string of the molecule is CCCCCCCCCCC(OC(=O)CCCCCCCBr)C1CC1. The van der Waals surface area contributed by atoms with Gasteiger partial charge in [0, 0.05) is 11.8 Å². The molecule has 0 radical (unpaired) electrons. The molecule has 3 heteroatoms. The van der Waals surface area contributed by atoms with Crippen LogP contribution in [-0.4, -0.2) is 17.4 Å². The molecular formula is C22H41BrO2. The fourth-order valence-corrected chi connectivity index (χ4v) is 3.86. The van der Waals surface area contributed by atoms with Gasteiger partial charge >= 0.3 is 5.97 Å². The Morgan fingerprint density at radius 3 is 2.04 bits per heavy atom. The van der Waals surface area contributed by atoms with Crippen LogP contribution in [0, 0.1) is 5.92 Å². The maximum Gasteiger partial charge on any atom is 0.306 e. The monoisotopic (exact) mass is 416 g/mol. The highest BCUT2D eigenvalue weighted by molar-refractivity contribution is 9.09. The predicted molar refractivity (Wildman–Crippen MR) is 111 cm³/mol. The van der Waals surface area contributed by atoms with Gasteiger partial charge in [-0.15, -0.1) is 0 Å². The molecule has 1 unspecified atom stereocenters. The zero-order valence-corrected chi connectivity index (χ0v) is 18.2. The second-order valence-corrected chi connectivity index (χ2v) is 8.63. The fourth-order valence-electron chi connectivity index (χ4n) is 3.46. The van der Waals surface area contributed by atoms with Crippen molar-refractivity contribution in [2.45, 2.75) is 122 Å². The van der Waals surface area contributed by atoms with E-state index in [1.165, 1.54) is 83.5 Å². The Morgan fingerprint density at radius 2 is 1.44 bits per heavy atom. The average molecular weight is 417 g/mol. The van der Waals surface area contributed by atoms with E-state index >= 15 is 0 Å². The molecule has 1 atom stereocenters. The highest BCUT2D eigenvalue weighted by Gasteiger charge is 2.33. The molecule has 0 aliphatic heterocycles. The number of unbranched alkanes of at least 4 members (excludes halogenated alkanes) is 11. The summed E-state index contributed by atoms with van der Waals surface area (Å²) in [5.74, 6) is 0.726. The van der Waals surface area contributed by atoms with Gasteiger partial charge in [0.25, 0.3) is 0 Å². The molecule has 25 heavy (non-hydrogen) atoms. The van der Waals surface area contributed by atoms with Gasteiger partial charge in [-0.25, -0.2) is 0 Å². The smallest absolute Gasteiger partial charge is 0.306 e. The molecule has 0 aromatic carbocycles. The van der Waals surface area contributed by atoms with Gasteiger partial charge in [0.2, 0.25) is 0 Å². The summed E-state index contributed by atoms with van der Waals surface area (Å²) in [7, 11) is 0. The van der Waals surface area contributed by atoms with Crippen molar-refractivity contribution in [2.24, 2.45) is 5.92 Å². The molecule has 0 heterocycles. The molecule has 0 saturated heterocycles. The number of carbonyl (C=O) groups is 1. The van der Waals surface area contributed by atoms with Gasteiger partial charge in [-0.2, -0.15) is 0 Å². The van der Waals surface area contributed by atoms with Crippen molar-refractivity contribution < 1.29 is 9.53 Å². The van der Waals surface area contributed by atoms with Gasteiger partial charge in [-0.05, 0) is 44.4 Å². The highest BCUT2D eigenvalue weighted by Crippen LogP contribution is 2.37. The van der Waals surface area contributed by atoms with Crippen molar-refractivity contribution >= 4 is 21.9 Å². The normalized spacial score (nSPS) is 15.3. The Balaban J connectivity index is 2.01. The Hall–Kier alpha value is -0.0500. The molecular weight excluding hydrogens is 376 g/mol. The quantitative estimate of drug-likeness (QED) is 0.131. The summed E-state index contributed by atoms with van der Waals surface area (Å²) in [6.07, 6.45) is 21.1. The number of rotatable bonds is 18. The molecule has 0 aromatic rings. The van der Waals surface area contributed by atoms with Crippen molar-refractivity contribution in [3.8, 4) is 0 Å². The fraction of sp³-hybridized carbons (Fsp3) is 0.955. The highest BCUT2D eigenvalue weighted by atomic mass is 79.9. The van der Waals surface area contributed by atoms with Crippen LogP contribution in [0.5, 0.6) is 0 Å². The van der Waals surface area contributed by atoms with Crippen LogP contribution in [0.15, 0.2) is 0 Å². The number of halogens is 1. The van der Waals surface area contributed by atoms with E-state index in [4.69, 9.17) is 4.74 Å². The van der Waals surface area contributed by atoms with Gasteiger partial charge in [0.05, 0.1) is 0 Å². The topological polar surface area (TPSA) is 26.3 Å². The molecule has 2 nitrogen and oxygen atoms in total. The molecule has 0 bridgehead atoms. The Bertz CT molecular complexity index is 315. The maximum atomic E-state index is 12.1. The zero-order chi connectivity index (χ0) is 18.2. The lowest BCUT2D eigenvalue weighted by atomic mass is 10.0. The second-order valence-electron chi connectivity index (χ2n) is 7.84. The van der Waals surface area contributed by atoms with Gasteiger partial charge in [0.1, 0.15) is 6.10 Å². The van der Waals surface area contributed by atoms with E-state index < -0.39 is 0 Å². The summed E-state index contributed by atoms with van der Waals surface area (Å²) < 4.78 is 5.82. The first kappa shape index (κ1) is 23.0. The molecule has 1 aliphatic rings. The molecule has 1 rings (SSSR count). The lowest BCUT2D eigenvalue weighted by Crippen LogP contribution is -2.20. The third kappa shape index (κ3) is 13.8. The predicted octanol–water partition coefficient (Wildman–Crippen LogP) is 7.57. The lowest BCUT2D eigenvalue weighted by Gasteiger charge is -2.17. The standard InChI is InChI=1S/C22H41BrO2/c1-2-3-4-5-6-7-9-12-15-21(20-17-18-20)25-22(24)16-13-10-8-11-14-19-23/h20-21H,2-19H2,1H3. The zero-order valence-electron chi connectivity index (χ0n) is 16.6. The van der Waals surface area contributed by atoms with Crippen molar-refractivity contribution in [2.75, 3.05) is 5.33 Å². The van der Waals surface area contributed by atoms with Crippen LogP contribution in [-0.2, 0) is 9.53 Å². The molecule has 0 amide bonds. The van der Waals surface area contributed by atoms with Crippen LogP contribution in [0.2, 0.25) is 0 Å². The van der Waals surface area contributed by atoms with Gasteiger partial charge in [-0.1, -0.05) is 87.1 Å². The van der Waals surface area contributed by atoms with Crippen LogP contribution < -0.4 is 0 Å². The molecule has 1 aliphatic carbocycles. The van der Waals surface area contributed by atoms with Crippen LogP contribution in [0.3, 0.4) is 0 Å². The second kappa shape index (κ2) is 16.1. The van der Waals surface area contributed by atoms with Gasteiger partial charge < -0.3 is 4.74 Å². The van der Waals surface area contributed by atoms with Crippen molar-refractivity contribution in [1.82, 2.24) is 0 Å². The van der Waals surface area contributed by atoms with E-state index in [1.807, 2.05) is 0 Å². The van der Waals surface area contributed by atoms with Crippen LogP contribution >= 0.6 is 15.9 Å². The van der Waals surface area contributed by atoms with Gasteiger partial charge in [0.15, 0.2) is 0 Å². The summed E-state index contributed by atoms with van der Waals surface area (Å²) in [4.78, 5) is 12.1. The number of esters is 1. The number of ether oxygens (including phenoxy) is 1. The van der Waals surface area contributed by atoms with Gasteiger partial charge in [-0.3, -0.25) is 4.79 Å². The molecule has 0 aromatic heterocycles. The van der Waals surface area contributed by atoms with Crippen LogP contribution in [0.4, 0.5) is 0 Å². The number of alkyl halides is 1. The summed E-state index contributed by atoms with van der Waals surface area (Å²) >= 11 is 3.46. The summed E-state index contributed by atoms with van der Waals surface area (Å²) in [5, 5.41) is 1.09.